The van der Waals surface area contributed by atoms with Gasteiger partial charge in [0.05, 0.1) is 11.1 Å². The highest BCUT2D eigenvalue weighted by Crippen LogP contribution is 2.23. The molecule has 0 unspecified atom stereocenters. The molecule has 1 aliphatic rings. The Labute approximate surface area is 115 Å². The lowest BCUT2D eigenvalue weighted by Crippen LogP contribution is -2.49. The molecule has 0 N–H and O–H groups in total. The van der Waals surface area contributed by atoms with E-state index in [-0.39, 0.29) is 6.09 Å². The lowest BCUT2D eigenvalue weighted by atomic mass is 10.3. The molecule has 1 aromatic heterocycles. The largest absolute Gasteiger partial charge is 0.450 e. The number of hydrogen-bond acceptors (Lipinski definition) is 4. The number of carbonyl (C=O) groups excluding carboxylic acids is 1. The molecule has 0 aromatic carbocycles. The third kappa shape index (κ3) is 2.93. The maximum absolute atomic E-state index is 11.6. The quantitative estimate of drug-likeness (QED) is 0.839. The first-order chi connectivity index (χ1) is 8.72. The molecule has 98 valence electrons. The highest BCUT2D eigenvalue weighted by Gasteiger charge is 2.23. The molecular formula is C12H16BrN3O2. The summed E-state index contributed by atoms with van der Waals surface area (Å²) in [5, 5.41) is 0. The molecule has 0 spiro atoms. The van der Waals surface area contributed by atoms with Crippen molar-refractivity contribution < 1.29 is 9.53 Å². The second-order valence-corrected chi connectivity index (χ2v) is 4.84. The second kappa shape index (κ2) is 6.04. The summed E-state index contributed by atoms with van der Waals surface area (Å²) < 4.78 is 5.97. The van der Waals surface area contributed by atoms with Gasteiger partial charge in [-0.25, -0.2) is 9.78 Å². The van der Waals surface area contributed by atoms with E-state index in [1.54, 1.807) is 11.1 Å². The van der Waals surface area contributed by atoms with Gasteiger partial charge in [-0.1, -0.05) is 0 Å². The van der Waals surface area contributed by atoms with Crippen molar-refractivity contribution in [1.29, 1.82) is 0 Å². The van der Waals surface area contributed by atoms with Gasteiger partial charge in [-0.2, -0.15) is 0 Å². The van der Waals surface area contributed by atoms with Crippen LogP contribution in [0.4, 0.5) is 10.6 Å². The predicted octanol–water partition coefficient (Wildman–Crippen LogP) is 2.12. The van der Waals surface area contributed by atoms with Crippen LogP contribution in [0.1, 0.15) is 6.92 Å². The van der Waals surface area contributed by atoms with Crippen LogP contribution in [-0.4, -0.2) is 48.8 Å². The van der Waals surface area contributed by atoms with Crippen molar-refractivity contribution >= 4 is 27.8 Å². The zero-order chi connectivity index (χ0) is 13.0. The summed E-state index contributed by atoms with van der Waals surface area (Å²) in [4.78, 5) is 19.8. The van der Waals surface area contributed by atoms with Crippen LogP contribution >= 0.6 is 15.9 Å². The lowest BCUT2D eigenvalue weighted by Gasteiger charge is -2.35. The van der Waals surface area contributed by atoms with E-state index in [9.17, 15) is 4.79 Å². The van der Waals surface area contributed by atoms with Gasteiger partial charge in [0.2, 0.25) is 0 Å². The highest BCUT2D eigenvalue weighted by atomic mass is 79.9. The van der Waals surface area contributed by atoms with Crippen LogP contribution in [0, 0.1) is 0 Å². The van der Waals surface area contributed by atoms with Crippen molar-refractivity contribution in [3.05, 3.63) is 22.8 Å². The number of anilines is 1. The average Bonchev–Trinajstić information content (AvgIpc) is 2.40. The molecule has 2 rings (SSSR count). The molecule has 1 aliphatic heterocycles. The van der Waals surface area contributed by atoms with Crippen LogP contribution in [0.25, 0.3) is 0 Å². The number of piperazine rings is 1. The van der Waals surface area contributed by atoms with Crippen molar-refractivity contribution in [3.63, 3.8) is 0 Å². The molecular weight excluding hydrogens is 298 g/mol. The van der Waals surface area contributed by atoms with E-state index in [4.69, 9.17) is 4.74 Å². The lowest BCUT2D eigenvalue weighted by molar-refractivity contribution is 0.105. The molecule has 0 atom stereocenters. The number of nitrogens with zero attached hydrogens (tertiary/aromatic N) is 3. The first-order valence-corrected chi connectivity index (χ1v) is 6.79. The Bertz CT molecular complexity index is 420. The molecule has 2 heterocycles. The fourth-order valence-electron chi connectivity index (χ4n) is 1.93. The maximum atomic E-state index is 11.6. The summed E-state index contributed by atoms with van der Waals surface area (Å²) in [6.45, 7) is 5.12. The summed E-state index contributed by atoms with van der Waals surface area (Å²) in [5.74, 6) is 0.931. The first-order valence-electron chi connectivity index (χ1n) is 5.99. The minimum Gasteiger partial charge on any atom is -0.450 e. The van der Waals surface area contributed by atoms with Crippen LogP contribution in [0.15, 0.2) is 22.8 Å². The summed E-state index contributed by atoms with van der Waals surface area (Å²) in [5.41, 5.74) is 0. The fraction of sp³-hybridized carbons (Fsp3) is 0.500. The van der Waals surface area contributed by atoms with E-state index in [1.807, 2.05) is 19.1 Å². The number of aromatic nitrogens is 1. The van der Waals surface area contributed by atoms with Crippen LogP contribution in [-0.2, 0) is 4.74 Å². The number of hydrogen-bond donors (Lipinski definition) is 0. The van der Waals surface area contributed by atoms with Crippen molar-refractivity contribution in [1.82, 2.24) is 9.88 Å². The summed E-state index contributed by atoms with van der Waals surface area (Å²) in [6, 6.07) is 3.86. The molecule has 0 saturated carbocycles. The van der Waals surface area contributed by atoms with Gasteiger partial charge in [-0.15, -0.1) is 0 Å². The zero-order valence-corrected chi connectivity index (χ0v) is 11.9. The van der Waals surface area contributed by atoms with Gasteiger partial charge in [-0.05, 0) is 35.0 Å². The first kappa shape index (κ1) is 13.1. The third-order valence-electron chi connectivity index (χ3n) is 2.84. The van der Waals surface area contributed by atoms with Crippen molar-refractivity contribution in [3.8, 4) is 0 Å². The monoisotopic (exact) mass is 313 g/mol. The molecule has 0 radical (unpaired) electrons. The van der Waals surface area contributed by atoms with E-state index < -0.39 is 0 Å². The maximum Gasteiger partial charge on any atom is 0.409 e. The number of rotatable bonds is 2. The number of ether oxygens (including phenoxy) is 1. The molecule has 5 nitrogen and oxygen atoms in total. The molecule has 0 aliphatic carbocycles. The Balaban J connectivity index is 1.95. The Morgan fingerprint density at radius 2 is 2.17 bits per heavy atom. The smallest absolute Gasteiger partial charge is 0.409 e. The Kier molecular flexibility index (Phi) is 4.41. The van der Waals surface area contributed by atoms with Gasteiger partial charge in [0.1, 0.15) is 5.82 Å². The van der Waals surface area contributed by atoms with E-state index >= 15 is 0 Å². The molecule has 1 aromatic rings. The molecule has 18 heavy (non-hydrogen) atoms. The summed E-state index contributed by atoms with van der Waals surface area (Å²) >= 11 is 3.49. The number of carbonyl (C=O) groups is 1. The standard InChI is InChI=1S/C12H16BrN3O2/c1-2-18-12(17)16-8-6-15(7-9-16)11-10(13)4-3-5-14-11/h3-5H,2,6-9H2,1H3. The van der Waals surface area contributed by atoms with Gasteiger partial charge in [0, 0.05) is 32.4 Å². The predicted molar refractivity (Wildman–Crippen MR) is 72.7 cm³/mol. The van der Waals surface area contributed by atoms with Crippen molar-refractivity contribution in [2.24, 2.45) is 0 Å². The van der Waals surface area contributed by atoms with Gasteiger partial charge in [-0.3, -0.25) is 0 Å². The van der Waals surface area contributed by atoms with Crippen molar-refractivity contribution in [2.45, 2.75) is 6.92 Å². The molecule has 0 bridgehead atoms. The van der Waals surface area contributed by atoms with Crippen LogP contribution < -0.4 is 4.90 Å². The minimum absolute atomic E-state index is 0.225. The average molecular weight is 314 g/mol. The van der Waals surface area contributed by atoms with Crippen LogP contribution in [0.3, 0.4) is 0 Å². The Hall–Kier alpha value is -1.30. The van der Waals surface area contributed by atoms with Crippen molar-refractivity contribution in [2.75, 3.05) is 37.7 Å². The van der Waals surface area contributed by atoms with E-state index in [2.05, 4.69) is 25.8 Å². The number of halogens is 1. The Morgan fingerprint density at radius 3 is 2.78 bits per heavy atom. The SMILES string of the molecule is CCOC(=O)N1CCN(c2ncccc2Br)CC1. The van der Waals surface area contributed by atoms with E-state index in [1.165, 1.54) is 0 Å². The topological polar surface area (TPSA) is 45.7 Å². The highest BCUT2D eigenvalue weighted by molar-refractivity contribution is 9.10. The van der Waals surface area contributed by atoms with Gasteiger partial charge < -0.3 is 14.5 Å². The molecule has 1 amide bonds. The van der Waals surface area contributed by atoms with Gasteiger partial charge in [0.25, 0.3) is 0 Å². The summed E-state index contributed by atoms with van der Waals surface area (Å²) in [6.07, 6.45) is 1.55. The number of amides is 1. The fourth-order valence-corrected chi connectivity index (χ4v) is 2.43. The van der Waals surface area contributed by atoms with Crippen LogP contribution in [0.2, 0.25) is 0 Å². The molecule has 1 saturated heterocycles. The summed E-state index contributed by atoms with van der Waals surface area (Å²) in [7, 11) is 0. The minimum atomic E-state index is -0.225. The van der Waals surface area contributed by atoms with Crippen LogP contribution in [0.5, 0.6) is 0 Å². The van der Waals surface area contributed by atoms with E-state index in [0.29, 0.717) is 19.7 Å². The normalized spacial score (nSPS) is 15.7. The molecule has 6 heteroatoms. The Morgan fingerprint density at radius 1 is 1.44 bits per heavy atom. The van der Waals surface area contributed by atoms with Gasteiger partial charge >= 0.3 is 6.09 Å². The number of pyridine rings is 1. The third-order valence-corrected chi connectivity index (χ3v) is 3.46. The molecule has 1 fully saturated rings. The van der Waals surface area contributed by atoms with Gasteiger partial charge in [0.15, 0.2) is 0 Å². The second-order valence-electron chi connectivity index (χ2n) is 3.98. The zero-order valence-electron chi connectivity index (χ0n) is 10.3. The van der Waals surface area contributed by atoms with E-state index in [0.717, 1.165) is 23.4 Å².